The minimum Gasteiger partial charge on any atom is -0.424 e. The lowest BCUT2D eigenvalue weighted by Gasteiger charge is -2.11. The van der Waals surface area contributed by atoms with Crippen LogP contribution in [-0.2, 0) is 0 Å². The van der Waals surface area contributed by atoms with Crippen LogP contribution >= 0.6 is 11.6 Å². The van der Waals surface area contributed by atoms with Crippen molar-refractivity contribution in [2.75, 3.05) is 24.7 Å². The van der Waals surface area contributed by atoms with E-state index in [0.29, 0.717) is 16.7 Å². The highest BCUT2D eigenvalue weighted by atomic mass is 35.5. The Balaban J connectivity index is 2.29. The molecule has 18 heavy (non-hydrogen) atoms. The number of nitrogen functional groups attached to an aromatic ring is 1. The van der Waals surface area contributed by atoms with Gasteiger partial charge >= 0.3 is 6.01 Å². The Morgan fingerprint density at radius 3 is 2.67 bits per heavy atom. The molecule has 0 saturated heterocycles. The normalized spacial score (nSPS) is 10.2. The van der Waals surface area contributed by atoms with Crippen molar-refractivity contribution in [2.24, 2.45) is 0 Å². The van der Waals surface area contributed by atoms with E-state index in [0.717, 1.165) is 0 Å². The van der Waals surface area contributed by atoms with Crippen molar-refractivity contribution in [3.8, 4) is 11.8 Å². The van der Waals surface area contributed by atoms with Gasteiger partial charge in [-0.3, -0.25) is 0 Å². The summed E-state index contributed by atoms with van der Waals surface area (Å²) in [6.07, 6.45) is 0. The van der Waals surface area contributed by atoms with Gasteiger partial charge in [0.05, 0.1) is 0 Å². The second-order valence-corrected chi connectivity index (χ2v) is 4.17. The number of hydrogen-bond donors (Lipinski definition) is 1. The van der Waals surface area contributed by atoms with Crippen LogP contribution in [0.1, 0.15) is 0 Å². The average Bonchev–Trinajstić information content (AvgIpc) is 2.28. The third kappa shape index (κ3) is 2.98. The van der Waals surface area contributed by atoms with Gasteiger partial charge in [0.25, 0.3) is 0 Å². The van der Waals surface area contributed by atoms with Crippen LogP contribution in [0.4, 0.5) is 11.9 Å². The van der Waals surface area contributed by atoms with Gasteiger partial charge in [-0.25, -0.2) is 0 Å². The van der Waals surface area contributed by atoms with Crippen molar-refractivity contribution < 1.29 is 4.74 Å². The Hall–Kier alpha value is -2.08. The SMILES string of the molecule is CN(C)c1nc(N)nc(Oc2cccc(Cl)c2)n1. The van der Waals surface area contributed by atoms with Crippen LogP contribution in [0.2, 0.25) is 5.02 Å². The third-order valence-corrected chi connectivity index (χ3v) is 2.26. The lowest BCUT2D eigenvalue weighted by molar-refractivity contribution is 0.441. The number of nitrogens with zero attached hydrogens (tertiary/aromatic N) is 4. The van der Waals surface area contributed by atoms with Gasteiger partial charge in [0, 0.05) is 19.1 Å². The molecule has 1 aromatic carbocycles. The number of aromatic nitrogens is 3. The first-order valence-corrected chi connectivity index (χ1v) is 5.54. The zero-order valence-electron chi connectivity index (χ0n) is 9.96. The van der Waals surface area contributed by atoms with Gasteiger partial charge in [0.1, 0.15) is 5.75 Å². The van der Waals surface area contributed by atoms with E-state index in [9.17, 15) is 0 Å². The van der Waals surface area contributed by atoms with Gasteiger partial charge in [-0.15, -0.1) is 0 Å². The predicted octanol–water partition coefficient (Wildman–Crippen LogP) is 1.97. The maximum atomic E-state index is 5.86. The molecule has 0 radical (unpaired) electrons. The summed E-state index contributed by atoms with van der Waals surface area (Å²) < 4.78 is 5.48. The summed E-state index contributed by atoms with van der Waals surface area (Å²) in [5.41, 5.74) is 5.59. The highest BCUT2D eigenvalue weighted by Gasteiger charge is 2.08. The Bertz CT molecular complexity index is 561. The fourth-order valence-electron chi connectivity index (χ4n) is 1.24. The molecule has 0 fully saturated rings. The lowest BCUT2D eigenvalue weighted by atomic mass is 10.3. The number of nitrogens with two attached hydrogens (primary N) is 1. The molecule has 0 unspecified atom stereocenters. The van der Waals surface area contributed by atoms with Crippen LogP contribution in [0.3, 0.4) is 0 Å². The monoisotopic (exact) mass is 265 g/mol. The van der Waals surface area contributed by atoms with E-state index in [1.807, 2.05) is 0 Å². The fourth-order valence-corrected chi connectivity index (χ4v) is 1.42. The summed E-state index contributed by atoms with van der Waals surface area (Å²) in [5, 5.41) is 0.572. The Morgan fingerprint density at radius 2 is 2.00 bits per heavy atom. The van der Waals surface area contributed by atoms with Crippen LogP contribution < -0.4 is 15.4 Å². The van der Waals surface area contributed by atoms with Crippen molar-refractivity contribution in [3.05, 3.63) is 29.3 Å². The Morgan fingerprint density at radius 1 is 1.22 bits per heavy atom. The van der Waals surface area contributed by atoms with Crippen molar-refractivity contribution in [1.82, 2.24) is 15.0 Å². The van der Waals surface area contributed by atoms with Gasteiger partial charge in [-0.05, 0) is 18.2 Å². The van der Waals surface area contributed by atoms with Crippen molar-refractivity contribution in [2.45, 2.75) is 0 Å². The zero-order valence-corrected chi connectivity index (χ0v) is 10.7. The second-order valence-electron chi connectivity index (χ2n) is 3.73. The van der Waals surface area contributed by atoms with E-state index in [4.69, 9.17) is 22.1 Å². The van der Waals surface area contributed by atoms with Gasteiger partial charge in [0.15, 0.2) is 0 Å². The average molecular weight is 266 g/mol. The molecular weight excluding hydrogens is 254 g/mol. The van der Waals surface area contributed by atoms with Crippen LogP contribution in [0.5, 0.6) is 11.8 Å². The number of hydrogen-bond acceptors (Lipinski definition) is 6. The lowest BCUT2D eigenvalue weighted by Crippen LogP contribution is -2.15. The number of benzene rings is 1. The highest BCUT2D eigenvalue weighted by molar-refractivity contribution is 6.30. The number of ether oxygens (including phenoxy) is 1. The summed E-state index contributed by atoms with van der Waals surface area (Å²) in [4.78, 5) is 13.7. The summed E-state index contributed by atoms with van der Waals surface area (Å²) >= 11 is 5.86. The molecule has 2 rings (SSSR count). The summed E-state index contributed by atoms with van der Waals surface area (Å²) in [7, 11) is 3.61. The standard InChI is InChI=1S/C11H12ClN5O/c1-17(2)10-14-9(13)15-11(16-10)18-8-5-3-4-7(12)6-8/h3-6H,1-2H3,(H2,13,14,15,16). The largest absolute Gasteiger partial charge is 0.424 e. The molecular formula is C11H12ClN5O. The van der Waals surface area contributed by atoms with E-state index in [1.54, 1.807) is 43.3 Å². The van der Waals surface area contributed by atoms with Gasteiger partial charge in [-0.2, -0.15) is 15.0 Å². The molecule has 94 valence electrons. The summed E-state index contributed by atoms with van der Waals surface area (Å²) in [6.45, 7) is 0. The van der Waals surface area contributed by atoms with Gasteiger partial charge in [-0.1, -0.05) is 17.7 Å². The van der Waals surface area contributed by atoms with Crippen molar-refractivity contribution >= 4 is 23.5 Å². The van der Waals surface area contributed by atoms with Crippen LogP contribution in [0.15, 0.2) is 24.3 Å². The minimum absolute atomic E-state index is 0.103. The predicted molar refractivity (Wildman–Crippen MR) is 70.1 cm³/mol. The molecule has 1 aromatic heterocycles. The van der Waals surface area contributed by atoms with E-state index >= 15 is 0 Å². The molecule has 6 nitrogen and oxygen atoms in total. The molecule has 0 atom stereocenters. The van der Waals surface area contributed by atoms with E-state index in [2.05, 4.69) is 15.0 Å². The van der Waals surface area contributed by atoms with Gasteiger partial charge in [0.2, 0.25) is 11.9 Å². The number of anilines is 2. The van der Waals surface area contributed by atoms with Crippen LogP contribution in [0.25, 0.3) is 0 Å². The van der Waals surface area contributed by atoms with Crippen LogP contribution in [0, 0.1) is 0 Å². The smallest absolute Gasteiger partial charge is 0.328 e. The fraction of sp³-hybridized carbons (Fsp3) is 0.182. The maximum Gasteiger partial charge on any atom is 0.328 e. The molecule has 1 heterocycles. The molecule has 0 aliphatic heterocycles. The minimum atomic E-state index is 0.103. The summed E-state index contributed by atoms with van der Waals surface area (Å²) in [6, 6.07) is 7.07. The molecule has 7 heteroatoms. The topological polar surface area (TPSA) is 77.2 Å². The molecule has 2 aromatic rings. The first kappa shape index (κ1) is 12.4. The molecule has 0 aliphatic carbocycles. The first-order chi connectivity index (χ1) is 8.54. The molecule has 0 aliphatic rings. The van der Waals surface area contributed by atoms with Crippen molar-refractivity contribution in [1.29, 1.82) is 0 Å². The van der Waals surface area contributed by atoms with E-state index < -0.39 is 0 Å². The van der Waals surface area contributed by atoms with Crippen LogP contribution in [-0.4, -0.2) is 29.0 Å². The summed E-state index contributed by atoms with van der Waals surface area (Å²) in [5.74, 6) is 1.07. The number of halogens is 1. The van der Waals surface area contributed by atoms with E-state index in [-0.39, 0.29) is 12.0 Å². The quantitative estimate of drug-likeness (QED) is 0.914. The Kier molecular flexibility index (Phi) is 3.47. The molecule has 2 N–H and O–H groups in total. The molecule has 0 bridgehead atoms. The first-order valence-electron chi connectivity index (χ1n) is 5.17. The molecule has 0 spiro atoms. The molecule has 0 amide bonds. The molecule has 0 saturated carbocycles. The number of rotatable bonds is 3. The van der Waals surface area contributed by atoms with E-state index in [1.165, 1.54) is 0 Å². The van der Waals surface area contributed by atoms with Crippen molar-refractivity contribution in [3.63, 3.8) is 0 Å². The third-order valence-electron chi connectivity index (χ3n) is 2.03. The maximum absolute atomic E-state index is 5.86. The zero-order chi connectivity index (χ0) is 13.1. The van der Waals surface area contributed by atoms with Gasteiger partial charge < -0.3 is 15.4 Å². The Labute approximate surface area is 109 Å². The highest BCUT2D eigenvalue weighted by Crippen LogP contribution is 2.22. The second kappa shape index (κ2) is 5.05.